The van der Waals surface area contributed by atoms with E-state index in [4.69, 9.17) is 4.74 Å². The van der Waals surface area contributed by atoms with Crippen LogP contribution in [0.2, 0.25) is 0 Å². The summed E-state index contributed by atoms with van der Waals surface area (Å²) in [5, 5.41) is 2.89. The molecule has 0 aromatic carbocycles. The minimum absolute atomic E-state index is 0.0495. The molecule has 4 rings (SSSR count). The number of ether oxygens (including phenoxy) is 1. The van der Waals surface area contributed by atoms with Crippen molar-refractivity contribution in [1.82, 2.24) is 19.5 Å². The molecular weight excluding hydrogens is 316 g/mol. The van der Waals surface area contributed by atoms with Crippen molar-refractivity contribution >= 4 is 5.65 Å². The lowest BCUT2D eigenvalue weighted by atomic mass is 9.54. The predicted molar refractivity (Wildman–Crippen MR) is 96.6 cm³/mol. The van der Waals surface area contributed by atoms with E-state index in [1.165, 1.54) is 36.6 Å². The SMILES string of the molecule is CCOC1CC(N(C)Cc2cc(=O)n3[nH]ccc3n2)C12CCCCC2. The molecule has 6 heteroatoms. The summed E-state index contributed by atoms with van der Waals surface area (Å²) in [6.45, 7) is 3.60. The molecule has 2 heterocycles. The van der Waals surface area contributed by atoms with Crippen LogP contribution in [0.1, 0.15) is 51.1 Å². The highest BCUT2D eigenvalue weighted by Gasteiger charge is 2.56. The molecule has 2 atom stereocenters. The summed E-state index contributed by atoms with van der Waals surface area (Å²) in [6, 6.07) is 4.00. The van der Waals surface area contributed by atoms with Gasteiger partial charge >= 0.3 is 0 Å². The van der Waals surface area contributed by atoms with Gasteiger partial charge in [-0.05, 0) is 33.2 Å². The summed E-state index contributed by atoms with van der Waals surface area (Å²) >= 11 is 0. The molecule has 2 aromatic rings. The lowest BCUT2D eigenvalue weighted by molar-refractivity contribution is -0.180. The van der Waals surface area contributed by atoms with Gasteiger partial charge in [-0.3, -0.25) is 14.8 Å². The van der Waals surface area contributed by atoms with Gasteiger partial charge in [-0.15, -0.1) is 0 Å². The van der Waals surface area contributed by atoms with E-state index in [1.54, 1.807) is 12.3 Å². The molecule has 2 fully saturated rings. The maximum Gasteiger partial charge on any atom is 0.272 e. The molecule has 0 amide bonds. The summed E-state index contributed by atoms with van der Waals surface area (Å²) < 4.78 is 7.54. The predicted octanol–water partition coefficient (Wildman–Crippen LogP) is 2.58. The van der Waals surface area contributed by atoms with Crippen LogP contribution in [0.3, 0.4) is 0 Å². The van der Waals surface area contributed by atoms with Crippen LogP contribution >= 0.6 is 0 Å². The monoisotopic (exact) mass is 344 g/mol. The van der Waals surface area contributed by atoms with Gasteiger partial charge in [-0.2, -0.15) is 0 Å². The zero-order chi connectivity index (χ0) is 17.4. The Morgan fingerprint density at radius 1 is 1.40 bits per heavy atom. The number of nitrogens with one attached hydrogen (secondary N) is 1. The first kappa shape index (κ1) is 16.8. The molecule has 2 saturated carbocycles. The van der Waals surface area contributed by atoms with Crippen molar-refractivity contribution in [2.24, 2.45) is 5.41 Å². The minimum atomic E-state index is -0.0495. The van der Waals surface area contributed by atoms with Crippen molar-refractivity contribution in [2.75, 3.05) is 13.7 Å². The molecule has 136 valence electrons. The maximum absolute atomic E-state index is 12.2. The van der Waals surface area contributed by atoms with E-state index in [0.717, 1.165) is 18.7 Å². The minimum Gasteiger partial charge on any atom is -0.378 e. The number of aromatic amines is 1. The molecule has 0 bridgehead atoms. The highest BCUT2D eigenvalue weighted by atomic mass is 16.5. The van der Waals surface area contributed by atoms with Gasteiger partial charge in [-0.1, -0.05) is 19.3 Å². The summed E-state index contributed by atoms with van der Waals surface area (Å²) in [6.07, 6.45) is 9.73. The molecule has 2 aliphatic carbocycles. The first-order valence-corrected chi connectivity index (χ1v) is 9.52. The van der Waals surface area contributed by atoms with Gasteiger partial charge in [0, 0.05) is 42.9 Å². The third-order valence-corrected chi connectivity index (χ3v) is 6.27. The molecule has 0 radical (unpaired) electrons. The Balaban J connectivity index is 1.53. The van der Waals surface area contributed by atoms with E-state index in [9.17, 15) is 4.79 Å². The third-order valence-electron chi connectivity index (χ3n) is 6.27. The van der Waals surface area contributed by atoms with Crippen molar-refractivity contribution in [2.45, 2.75) is 64.1 Å². The second kappa shape index (κ2) is 6.57. The summed E-state index contributed by atoms with van der Waals surface area (Å²) in [7, 11) is 2.17. The normalized spacial score (nSPS) is 25.6. The maximum atomic E-state index is 12.2. The van der Waals surface area contributed by atoms with E-state index >= 15 is 0 Å². The van der Waals surface area contributed by atoms with E-state index in [2.05, 4.69) is 29.0 Å². The number of H-pyrrole nitrogens is 1. The van der Waals surface area contributed by atoms with Crippen LogP contribution < -0.4 is 5.56 Å². The summed E-state index contributed by atoms with van der Waals surface area (Å²) in [5.41, 5.74) is 1.78. The van der Waals surface area contributed by atoms with Crippen molar-refractivity contribution in [3.8, 4) is 0 Å². The zero-order valence-electron chi connectivity index (χ0n) is 15.2. The fraction of sp³-hybridized carbons (Fsp3) is 0.684. The van der Waals surface area contributed by atoms with Crippen LogP contribution in [0.25, 0.3) is 5.65 Å². The molecule has 1 N–H and O–H groups in total. The second-order valence-corrected chi connectivity index (χ2v) is 7.65. The van der Waals surface area contributed by atoms with Crippen molar-refractivity contribution in [3.05, 3.63) is 34.4 Å². The van der Waals surface area contributed by atoms with Gasteiger partial charge in [0.2, 0.25) is 0 Å². The number of hydrogen-bond donors (Lipinski definition) is 1. The van der Waals surface area contributed by atoms with Gasteiger partial charge in [-0.25, -0.2) is 9.50 Å². The van der Waals surface area contributed by atoms with Crippen LogP contribution in [0.15, 0.2) is 23.1 Å². The lowest BCUT2D eigenvalue weighted by Gasteiger charge is -2.60. The highest BCUT2D eigenvalue weighted by molar-refractivity contribution is 5.36. The van der Waals surface area contributed by atoms with Crippen LogP contribution in [0.4, 0.5) is 0 Å². The molecule has 6 nitrogen and oxygen atoms in total. The lowest BCUT2D eigenvalue weighted by Crippen LogP contribution is -2.64. The topological polar surface area (TPSA) is 62.6 Å². The molecule has 2 unspecified atom stereocenters. The van der Waals surface area contributed by atoms with Gasteiger partial charge < -0.3 is 4.74 Å². The molecule has 1 spiro atoms. The number of rotatable bonds is 5. The molecular formula is C19H28N4O2. The third kappa shape index (κ3) is 2.81. The molecule has 0 aliphatic heterocycles. The Bertz CT molecular complexity index is 790. The Morgan fingerprint density at radius 2 is 2.20 bits per heavy atom. The zero-order valence-corrected chi connectivity index (χ0v) is 15.2. The van der Waals surface area contributed by atoms with Crippen LogP contribution in [0.5, 0.6) is 0 Å². The molecule has 25 heavy (non-hydrogen) atoms. The van der Waals surface area contributed by atoms with Gasteiger partial charge in [0.25, 0.3) is 5.56 Å². The van der Waals surface area contributed by atoms with Crippen molar-refractivity contribution in [1.29, 1.82) is 0 Å². The Labute approximate surface area is 148 Å². The van der Waals surface area contributed by atoms with E-state index in [0.29, 0.717) is 29.8 Å². The van der Waals surface area contributed by atoms with Gasteiger partial charge in [0.15, 0.2) is 5.65 Å². The van der Waals surface area contributed by atoms with E-state index in [1.807, 2.05) is 6.07 Å². The summed E-state index contributed by atoms with van der Waals surface area (Å²) in [5.74, 6) is 0. The van der Waals surface area contributed by atoms with Gasteiger partial charge in [0.1, 0.15) is 0 Å². The van der Waals surface area contributed by atoms with E-state index < -0.39 is 0 Å². The first-order chi connectivity index (χ1) is 12.1. The Hall–Kier alpha value is -1.66. The molecule has 2 aromatic heterocycles. The Kier molecular flexibility index (Phi) is 4.41. The smallest absolute Gasteiger partial charge is 0.272 e. The van der Waals surface area contributed by atoms with Crippen molar-refractivity contribution in [3.63, 3.8) is 0 Å². The number of aromatic nitrogens is 3. The van der Waals surface area contributed by atoms with Crippen molar-refractivity contribution < 1.29 is 4.74 Å². The largest absolute Gasteiger partial charge is 0.378 e. The first-order valence-electron chi connectivity index (χ1n) is 9.52. The molecule has 0 saturated heterocycles. The second-order valence-electron chi connectivity index (χ2n) is 7.65. The van der Waals surface area contributed by atoms with E-state index in [-0.39, 0.29) is 5.56 Å². The quantitative estimate of drug-likeness (QED) is 0.905. The fourth-order valence-corrected chi connectivity index (χ4v) is 5.07. The van der Waals surface area contributed by atoms with Gasteiger partial charge in [0.05, 0.1) is 11.8 Å². The number of nitrogens with zero attached hydrogens (tertiary/aromatic N) is 3. The highest BCUT2D eigenvalue weighted by Crippen LogP contribution is 2.55. The number of hydrogen-bond acceptors (Lipinski definition) is 4. The number of fused-ring (bicyclic) bond motifs is 1. The van der Waals surface area contributed by atoms with Crippen LogP contribution in [0, 0.1) is 5.41 Å². The summed E-state index contributed by atoms with van der Waals surface area (Å²) in [4.78, 5) is 19.2. The van der Waals surface area contributed by atoms with Crippen LogP contribution in [-0.2, 0) is 11.3 Å². The average molecular weight is 344 g/mol. The molecule has 2 aliphatic rings. The standard InChI is InChI=1S/C19H28N4O2/c1-3-25-16-12-15(19(16)8-5-4-6-9-19)22(2)13-14-11-18(24)23-17(21-14)7-10-20-23/h7,10-11,15-16,20H,3-6,8-9,12-13H2,1-2H3. The van der Waals surface area contributed by atoms with Crippen LogP contribution in [-0.4, -0.2) is 45.3 Å². The fourth-order valence-electron chi connectivity index (χ4n) is 5.07. The average Bonchev–Trinajstić information content (AvgIpc) is 3.08. The Morgan fingerprint density at radius 3 is 2.96 bits per heavy atom.